The van der Waals surface area contributed by atoms with E-state index >= 15 is 0 Å². The topological polar surface area (TPSA) is 133 Å². The number of carbonyl (C=O) groups excluding carboxylic acids is 1. The third kappa shape index (κ3) is 3.40. The number of aromatic nitrogens is 1. The Morgan fingerprint density at radius 3 is 2.46 bits per heavy atom. The van der Waals surface area contributed by atoms with Gasteiger partial charge in [-0.1, -0.05) is 23.9 Å². The molecule has 0 bridgehead atoms. The molecule has 7 nitrogen and oxygen atoms in total. The lowest BCUT2D eigenvalue weighted by molar-refractivity contribution is -0.137. The van der Waals surface area contributed by atoms with Gasteiger partial charge < -0.3 is 15.6 Å². The monoisotopic (exact) mass is 340 g/mol. The molecule has 1 aromatic heterocycles. The van der Waals surface area contributed by atoms with Crippen LogP contribution < -0.4 is 5.73 Å². The highest BCUT2D eigenvalue weighted by Gasteiger charge is 2.21. The van der Waals surface area contributed by atoms with Gasteiger partial charge in [0, 0.05) is 5.56 Å². The van der Waals surface area contributed by atoms with Crippen LogP contribution in [-0.4, -0.2) is 28.9 Å². The number of hydrogen-bond donors (Lipinski definition) is 2. The first-order valence-corrected chi connectivity index (χ1v) is 7.63. The van der Waals surface area contributed by atoms with Crippen molar-refractivity contribution in [2.75, 3.05) is 18.6 Å². The van der Waals surface area contributed by atoms with E-state index < -0.39 is 5.97 Å². The molecule has 24 heavy (non-hydrogen) atoms. The standard InChI is InChI=1S/C16H12N4O3S/c1-23-13(22)8-24-16-12(7-18)14(11(6-17)15(19)20-16)9-2-4-10(21)5-3-9/h2-5,21H,8H2,1H3,(H2,19,20). The predicted molar refractivity (Wildman–Crippen MR) is 87.9 cm³/mol. The van der Waals surface area contributed by atoms with E-state index in [4.69, 9.17) is 5.73 Å². The molecule has 2 rings (SSSR count). The first-order valence-electron chi connectivity index (χ1n) is 6.64. The number of thioether (sulfide) groups is 1. The Kier molecular flexibility index (Phi) is 5.25. The smallest absolute Gasteiger partial charge is 0.316 e. The number of anilines is 1. The van der Waals surface area contributed by atoms with Gasteiger partial charge in [-0.15, -0.1) is 0 Å². The predicted octanol–water partition coefficient (Wildman–Crippen LogP) is 2.04. The number of pyridine rings is 1. The minimum Gasteiger partial charge on any atom is -0.508 e. The Labute approximate surface area is 142 Å². The number of carbonyl (C=O) groups is 1. The van der Waals surface area contributed by atoms with Crippen LogP contribution in [0.15, 0.2) is 29.3 Å². The molecular formula is C16H12N4O3S. The molecule has 0 amide bonds. The molecular weight excluding hydrogens is 328 g/mol. The maximum atomic E-state index is 11.3. The molecule has 120 valence electrons. The van der Waals surface area contributed by atoms with Crippen LogP contribution >= 0.6 is 11.8 Å². The summed E-state index contributed by atoms with van der Waals surface area (Å²) >= 11 is 1.00. The molecule has 0 aliphatic rings. The van der Waals surface area contributed by atoms with Crippen molar-refractivity contribution in [3.63, 3.8) is 0 Å². The van der Waals surface area contributed by atoms with E-state index in [9.17, 15) is 20.4 Å². The normalized spacial score (nSPS) is 9.79. The second-order valence-electron chi connectivity index (χ2n) is 4.56. The molecule has 0 aliphatic carbocycles. The zero-order valence-electron chi connectivity index (χ0n) is 12.6. The molecule has 8 heteroatoms. The fourth-order valence-electron chi connectivity index (χ4n) is 2.01. The van der Waals surface area contributed by atoms with Gasteiger partial charge in [0.15, 0.2) is 0 Å². The largest absolute Gasteiger partial charge is 0.508 e. The van der Waals surface area contributed by atoms with Gasteiger partial charge >= 0.3 is 5.97 Å². The molecule has 0 unspecified atom stereocenters. The summed E-state index contributed by atoms with van der Waals surface area (Å²) in [6.45, 7) is 0. The van der Waals surface area contributed by atoms with E-state index in [1.807, 2.05) is 12.1 Å². The van der Waals surface area contributed by atoms with Gasteiger partial charge in [0.1, 0.15) is 34.3 Å². The summed E-state index contributed by atoms with van der Waals surface area (Å²) < 4.78 is 4.57. The van der Waals surface area contributed by atoms with Crippen molar-refractivity contribution in [3.8, 4) is 29.0 Å². The molecule has 2 aromatic rings. The van der Waals surface area contributed by atoms with Crippen molar-refractivity contribution >= 4 is 23.5 Å². The van der Waals surface area contributed by atoms with Crippen LogP contribution in [0.25, 0.3) is 11.1 Å². The molecule has 0 spiro atoms. The van der Waals surface area contributed by atoms with Crippen LogP contribution in [0.3, 0.4) is 0 Å². The number of nitrogens with two attached hydrogens (primary N) is 1. The lowest BCUT2D eigenvalue weighted by atomic mass is 9.97. The van der Waals surface area contributed by atoms with E-state index in [0.717, 1.165) is 11.8 Å². The number of phenols is 1. The summed E-state index contributed by atoms with van der Waals surface area (Å²) in [4.78, 5) is 15.4. The van der Waals surface area contributed by atoms with Crippen molar-refractivity contribution in [1.29, 1.82) is 10.5 Å². The van der Waals surface area contributed by atoms with Crippen molar-refractivity contribution in [2.45, 2.75) is 5.03 Å². The SMILES string of the molecule is COC(=O)CSc1nc(N)c(C#N)c(-c2ccc(O)cc2)c1C#N. The fourth-order valence-corrected chi connectivity index (χ4v) is 2.83. The number of nitriles is 2. The van der Waals surface area contributed by atoms with Crippen LogP contribution in [-0.2, 0) is 9.53 Å². The lowest BCUT2D eigenvalue weighted by Gasteiger charge is -2.12. The molecule has 0 radical (unpaired) electrons. The zero-order chi connectivity index (χ0) is 17.7. The van der Waals surface area contributed by atoms with Crippen molar-refractivity contribution in [1.82, 2.24) is 4.98 Å². The number of aromatic hydroxyl groups is 1. The van der Waals surface area contributed by atoms with Gasteiger partial charge in [-0.2, -0.15) is 10.5 Å². The average molecular weight is 340 g/mol. The summed E-state index contributed by atoms with van der Waals surface area (Å²) in [5.41, 5.74) is 6.91. The Morgan fingerprint density at radius 2 is 1.92 bits per heavy atom. The molecule has 0 fully saturated rings. The second kappa shape index (κ2) is 7.36. The van der Waals surface area contributed by atoms with Crippen LogP contribution in [0.1, 0.15) is 11.1 Å². The number of nitrogen functional groups attached to an aromatic ring is 1. The van der Waals surface area contributed by atoms with Gasteiger partial charge in [0.05, 0.1) is 18.4 Å². The molecule has 0 saturated carbocycles. The summed E-state index contributed by atoms with van der Waals surface area (Å²) in [6.07, 6.45) is 0. The van der Waals surface area contributed by atoms with Crippen molar-refractivity contribution < 1.29 is 14.6 Å². The van der Waals surface area contributed by atoms with Crippen molar-refractivity contribution in [2.24, 2.45) is 0 Å². The quantitative estimate of drug-likeness (QED) is 0.638. The number of ether oxygens (including phenoxy) is 1. The number of nitrogens with zero attached hydrogens (tertiary/aromatic N) is 3. The van der Waals surface area contributed by atoms with Gasteiger partial charge in [-0.3, -0.25) is 4.79 Å². The molecule has 0 saturated heterocycles. The number of rotatable bonds is 4. The lowest BCUT2D eigenvalue weighted by Crippen LogP contribution is -2.07. The Morgan fingerprint density at radius 1 is 1.29 bits per heavy atom. The van der Waals surface area contributed by atoms with Crippen LogP contribution in [0, 0.1) is 22.7 Å². The van der Waals surface area contributed by atoms with E-state index in [1.165, 1.54) is 19.2 Å². The van der Waals surface area contributed by atoms with Gasteiger partial charge in [0.2, 0.25) is 0 Å². The molecule has 1 heterocycles. The number of hydrogen-bond acceptors (Lipinski definition) is 8. The highest BCUT2D eigenvalue weighted by Crippen LogP contribution is 2.36. The minimum absolute atomic E-state index is 0.0352. The Hall–Kier alpha value is -3.23. The van der Waals surface area contributed by atoms with Gasteiger partial charge in [-0.05, 0) is 17.7 Å². The summed E-state index contributed by atoms with van der Waals surface area (Å²) in [7, 11) is 1.26. The molecule has 0 aliphatic heterocycles. The number of benzene rings is 1. The third-order valence-electron chi connectivity index (χ3n) is 3.13. The zero-order valence-corrected chi connectivity index (χ0v) is 13.4. The first kappa shape index (κ1) is 17.1. The maximum Gasteiger partial charge on any atom is 0.316 e. The molecule has 1 aromatic carbocycles. The number of esters is 1. The fraction of sp³-hybridized carbons (Fsp3) is 0.125. The first-order chi connectivity index (χ1) is 11.5. The number of methoxy groups -OCH3 is 1. The minimum atomic E-state index is -0.472. The maximum absolute atomic E-state index is 11.3. The van der Waals surface area contributed by atoms with Crippen LogP contribution in [0.2, 0.25) is 0 Å². The highest BCUT2D eigenvalue weighted by atomic mass is 32.2. The highest BCUT2D eigenvalue weighted by molar-refractivity contribution is 7.99. The summed E-state index contributed by atoms with van der Waals surface area (Å²) in [5, 5.41) is 28.6. The van der Waals surface area contributed by atoms with Crippen molar-refractivity contribution in [3.05, 3.63) is 35.4 Å². The molecule has 3 N–H and O–H groups in total. The van der Waals surface area contributed by atoms with Gasteiger partial charge in [-0.25, -0.2) is 4.98 Å². The Bertz CT molecular complexity index is 867. The van der Waals surface area contributed by atoms with Crippen LogP contribution in [0.5, 0.6) is 5.75 Å². The third-order valence-corrected chi connectivity index (χ3v) is 4.07. The van der Waals surface area contributed by atoms with E-state index in [1.54, 1.807) is 12.1 Å². The summed E-state index contributed by atoms with van der Waals surface area (Å²) in [6, 6.07) is 9.99. The van der Waals surface area contributed by atoms with E-state index in [-0.39, 0.29) is 33.5 Å². The molecule has 0 atom stereocenters. The average Bonchev–Trinajstić information content (AvgIpc) is 2.59. The van der Waals surface area contributed by atoms with Crippen LogP contribution in [0.4, 0.5) is 5.82 Å². The number of phenolic OH excluding ortho intramolecular Hbond substituents is 1. The Balaban J connectivity index is 2.65. The van der Waals surface area contributed by atoms with E-state index in [0.29, 0.717) is 11.1 Å². The van der Waals surface area contributed by atoms with Gasteiger partial charge in [0.25, 0.3) is 0 Å². The second-order valence-corrected chi connectivity index (χ2v) is 5.53. The summed E-state index contributed by atoms with van der Waals surface area (Å²) in [5.74, 6) is -0.497. The van der Waals surface area contributed by atoms with E-state index in [2.05, 4.69) is 9.72 Å².